The van der Waals surface area contributed by atoms with Gasteiger partial charge < -0.3 is 6.90 Å². The monoisotopic (exact) mass is 544 g/mol. The molecule has 0 aliphatic rings. The summed E-state index contributed by atoms with van der Waals surface area (Å²) < 4.78 is 97.7. The van der Waals surface area contributed by atoms with E-state index in [-0.39, 0.29) is 36.5 Å². The van der Waals surface area contributed by atoms with Crippen molar-refractivity contribution < 1.29 is 75.4 Å². The van der Waals surface area contributed by atoms with Gasteiger partial charge in [0.15, 0.2) is 0 Å². The van der Waals surface area contributed by atoms with Crippen LogP contribution in [-0.4, -0.2) is 44.4 Å². The molecule has 0 bridgehead atoms. The van der Waals surface area contributed by atoms with Gasteiger partial charge in [0.2, 0.25) is 0 Å². The van der Waals surface area contributed by atoms with Gasteiger partial charge >= 0.3 is 29.6 Å². The molecule has 15 heteroatoms. The first-order valence-corrected chi connectivity index (χ1v) is 14.0. The van der Waals surface area contributed by atoms with E-state index >= 15 is 0 Å². The minimum atomic E-state index is -4.55. The van der Waals surface area contributed by atoms with Gasteiger partial charge in [-0.05, 0) is 60.2 Å². The number of hydrogen-bond acceptors (Lipinski definition) is 6. The first-order chi connectivity index (χ1) is 14.3. The second kappa shape index (κ2) is 11.0. The maximum Gasteiger partial charge on any atom is 1.00 e. The predicted octanol–water partition coefficient (Wildman–Crippen LogP) is -2.52. The zero-order chi connectivity index (χ0) is 23.0. The molecular weight excluding hydrogens is 526 g/mol. The Morgan fingerprint density at radius 2 is 0.788 bits per heavy atom. The van der Waals surface area contributed by atoms with Crippen LogP contribution in [0.15, 0.2) is 87.5 Å². The van der Waals surface area contributed by atoms with E-state index in [0.717, 1.165) is 18.2 Å². The first kappa shape index (κ1) is 29.8. The van der Waals surface area contributed by atoms with Crippen molar-refractivity contribution in [3.63, 3.8) is 0 Å². The van der Waals surface area contributed by atoms with E-state index in [0.29, 0.717) is 15.9 Å². The van der Waals surface area contributed by atoms with E-state index < -0.39 is 53.0 Å². The molecule has 0 saturated heterocycles. The minimum absolute atomic E-state index is 0. The number of benzene rings is 3. The summed E-state index contributed by atoms with van der Waals surface area (Å²) in [6.07, 6.45) is 0. The molecule has 0 atom stereocenters. The Morgan fingerprint density at radius 3 is 1.00 bits per heavy atom. The van der Waals surface area contributed by atoms with Crippen LogP contribution in [-0.2, 0) is 30.4 Å². The molecule has 33 heavy (non-hydrogen) atoms. The second-order valence-corrected chi connectivity index (χ2v) is 12.7. The van der Waals surface area contributed by atoms with Gasteiger partial charge in [0.05, 0.1) is 14.7 Å². The van der Waals surface area contributed by atoms with Crippen LogP contribution in [0.4, 0.5) is 0 Å². The summed E-state index contributed by atoms with van der Waals surface area (Å²) in [4.78, 5) is -1.22. The molecule has 0 spiro atoms. The largest absolute Gasteiger partial charge is 1.00 e. The van der Waals surface area contributed by atoms with Crippen LogP contribution < -0.4 is 45.5 Å². The van der Waals surface area contributed by atoms with Gasteiger partial charge in [0, 0.05) is 0 Å². The molecule has 0 unspecified atom stereocenters. The van der Waals surface area contributed by atoms with Gasteiger partial charge in [-0.25, -0.2) is 0 Å². The molecule has 10 nitrogen and oxygen atoms in total. The van der Waals surface area contributed by atoms with Crippen LogP contribution in [0.25, 0.3) is 0 Å². The molecule has 174 valence electrons. The minimum Gasteiger partial charge on any atom is -1.00 e. The van der Waals surface area contributed by atoms with Gasteiger partial charge in [0.25, 0.3) is 30.4 Å². The van der Waals surface area contributed by atoms with Crippen molar-refractivity contribution in [2.75, 3.05) is 0 Å². The smallest absolute Gasteiger partial charge is 1.00 e. The van der Waals surface area contributed by atoms with Crippen molar-refractivity contribution in [3.8, 4) is 0 Å². The molecule has 0 aliphatic carbocycles. The van der Waals surface area contributed by atoms with Crippen LogP contribution in [0.3, 0.4) is 0 Å². The molecule has 0 radical (unpaired) electrons. The van der Waals surface area contributed by atoms with Crippen LogP contribution >= 0.6 is 7.92 Å². The van der Waals surface area contributed by atoms with Crippen molar-refractivity contribution in [3.05, 3.63) is 72.8 Å². The van der Waals surface area contributed by atoms with Crippen molar-refractivity contribution in [2.24, 2.45) is 0 Å². The van der Waals surface area contributed by atoms with E-state index in [1.54, 1.807) is 0 Å². The first-order valence-electron chi connectivity index (χ1n) is 8.30. The number of rotatable bonds is 6. The van der Waals surface area contributed by atoms with E-state index in [9.17, 15) is 38.9 Å². The van der Waals surface area contributed by atoms with Crippen molar-refractivity contribution in [1.82, 2.24) is 0 Å². The average Bonchev–Trinajstić information content (AvgIpc) is 2.67. The van der Waals surface area contributed by atoms with Gasteiger partial charge in [-0.3, -0.25) is 13.7 Å². The maximum atomic E-state index is 11.6. The standard InChI is InChI=1S/C18H15O9PS3.Na.H2O.H/c19-29(20,21)16-7-1-4-13(10-16)28(14-5-2-8-17(11-14)30(22,23)24)15-6-3-9-18(12-15)31(25,26)27;;;/h1-12H,(H,19,20,21)(H,22,23,24)(H,25,26,27);;1H2;/q;+1;;-1. The fourth-order valence-corrected chi connectivity index (χ4v) is 7.04. The Morgan fingerprint density at radius 1 is 0.545 bits per heavy atom. The van der Waals surface area contributed by atoms with Crippen LogP contribution in [0.1, 0.15) is 1.43 Å². The van der Waals surface area contributed by atoms with Crippen molar-refractivity contribution >= 4 is 54.2 Å². The fraction of sp³-hybridized carbons (Fsp3) is 0. The van der Waals surface area contributed by atoms with Crippen molar-refractivity contribution in [1.29, 1.82) is 0 Å². The third-order valence-electron chi connectivity index (χ3n) is 4.12. The van der Waals surface area contributed by atoms with E-state index in [4.69, 9.17) is 0 Å². The van der Waals surface area contributed by atoms with Crippen LogP contribution in [0.5, 0.6) is 0 Å². The van der Waals surface area contributed by atoms with Crippen LogP contribution in [0, 0.1) is 0 Å². The molecule has 3 aromatic carbocycles. The Labute approximate surface area is 215 Å². The number of hydrogen-bond donors (Lipinski definition) is 3. The van der Waals surface area contributed by atoms with Crippen molar-refractivity contribution in [2.45, 2.75) is 14.7 Å². The molecule has 0 fully saturated rings. The third-order valence-corrected chi connectivity index (χ3v) is 9.05. The quantitative estimate of drug-likeness (QED) is 0.170. The van der Waals surface area contributed by atoms with E-state index in [1.165, 1.54) is 54.6 Å². The summed E-state index contributed by atoms with van der Waals surface area (Å²) in [5.41, 5.74) is 0. The molecule has 0 aromatic heterocycles. The predicted molar refractivity (Wildman–Crippen MR) is 119 cm³/mol. The molecule has 3 aromatic rings. The zero-order valence-corrected chi connectivity index (χ0v) is 22.2. The molecule has 0 heterocycles. The maximum absolute atomic E-state index is 11.6. The van der Waals surface area contributed by atoms with Gasteiger partial charge in [-0.2, -0.15) is 25.3 Å². The molecule has 3 rings (SSSR count). The molecule has 0 aliphatic heterocycles. The summed E-state index contributed by atoms with van der Waals surface area (Å²) >= 11 is 0. The average molecular weight is 544 g/mol. The topological polar surface area (TPSA) is 195 Å². The molecule has 5 N–H and O–H groups in total. The summed E-state index contributed by atoms with van der Waals surface area (Å²) in [5, 5.41) is 1.01. The van der Waals surface area contributed by atoms with Gasteiger partial charge in [-0.15, -0.1) is 0 Å². The normalized spacial score (nSPS) is 12.0. The Balaban J connectivity index is 0.00000363. The van der Waals surface area contributed by atoms with Gasteiger partial charge in [0.1, 0.15) is 0 Å². The third kappa shape index (κ3) is 7.38. The fourth-order valence-electron chi connectivity index (χ4n) is 2.80. The summed E-state index contributed by atoms with van der Waals surface area (Å²) in [6, 6.07) is 15.7. The second-order valence-electron chi connectivity index (χ2n) is 6.25. The molecular formula is C18H18NaO10PS3. The Kier molecular flexibility index (Phi) is 9.95. The summed E-state index contributed by atoms with van der Waals surface area (Å²) in [5.74, 6) is 0. The van der Waals surface area contributed by atoms with Gasteiger partial charge in [-0.1, -0.05) is 36.4 Å². The molecule has 0 saturated carbocycles. The Hall–Kier alpha value is -1.22. The summed E-state index contributed by atoms with van der Waals surface area (Å²) in [6.45, 7) is 0. The van der Waals surface area contributed by atoms with Crippen LogP contribution in [0.2, 0.25) is 0 Å². The SMILES string of the molecule is O.O=S(=O)(O)c1cccc(P(c2cccc(S(=O)(=O)O)c2)c2cccc(S(=O)(=O)O)c2)c1.[H-].[Na+]. The van der Waals surface area contributed by atoms with E-state index in [1.807, 2.05) is 0 Å². The zero-order valence-electron chi connectivity index (χ0n) is 17.9. The summed E-state index contributed by atoms with van der Waals surface area (Å²) in [7, 11) is -15.4. The Bertz CT molecular complexity index is 1300. The molecule has 0 amide bonds. The van der Waals surface area contributed by atoms with E-state index in [2.05, 4.69) is 0 Å².